The van der Waals surface area contributed by atoms with Crippen LogP contribution >= 0.6 is 0 Å². The topological polar surface area (TPSA) is 153 Å². The lowest BCUT2D eigenvalue weighted by Gasteiger charge is -2.40. The van der Waals surface area contributed by atoms with Gasteiger partial charge >= 0.3 is 5.97 Å². The molecule has 8 nitrogen and oxygen atoms in total. The van der Waals surface area contributed by atoms with Crippen LogP contribution in [0.25, 0.3) is 0 Å². The van der Waals surface area contributed by atoms with Gasteiger partial charge in [-0.15, -0.1) is 0 Å². The molecule has 2 unspecified atom stereocenters. The van der Waals surface area contributed by atoms with E-state index in [2.05, 4.69) is 4.72 Å². The van der Waals surface area contributed by atoms with E-state index in [-0.39, 0.29) is 12.3 Å². The summed E-state index contributed by atoms with van der Waals surface area (Å²) >= 11 is 0. The Morgan fingerprint density at radius 3 is 2.14 bits per heavy atom. The van der Waals surface area contributed by atoms with Crippen molar-refractivity contribution in [3.8, 4) is 0 Å². The third-order valence-corrected chi connectivity index (χ3v) is 7.83. The van der Waals surface area contributed by atoms with E-state index >= 15 is 0 Å². The van der Waals surface area contributed by atoms with E-state index in [1.807, 2.05) is 0 Å². The van der Waals surface area contributed by atoms with Crippen molar-refractivity contribution >= 4 is 21.9 Å². The second-order valence-corrected chi connectivity index (χ2v) is 10.8. The molecule has 0 radical (unpaired) electrons. The van der Waals surface area contributed by atoms with E-state index in [1.54, 1.807) is 20.8 Å². The number of nitrogens with two attached hydrogens (primary N) is 2. The lowest BCUT2D eigenvalue weighted by atomic mass is 9.72. The van der Waals surface area contributed by atoms with Crippen LogP contribution in [0, 0.1) is 17.3 Å². The second kappa shape index (κ2) is 10.5. The minimum Gasteiger partial charge on any atom is -0.480 e. The van der Waals surface area contributed by atoms with E-state index in [1.165, 1.54) is 0 Å². The Morgan fingerprint density at radius 1 is 1.14 bits per heavy atom. The van der Waals surface area contributed by atoms with Crippen molar-refractivity contribution in [2.75, 3.05) is 6.54 Å². The van der Waals surface area contributed by atoms with Crippen molar-refractivity contribution < 1.29 is 23.1 Å². The first-order chi connectivity index (χ1) is 12.9. The van der Waals surface area contributed by atoms with Gasteiger partial charge in [0.15, 0.2) is 0 Å². The van der Waals surface area contributed by atoms with Crippen LogP contribution in [0.15, 0.2) is 0 Å². The number of sulfonamides is 1. The molecule has 1 aliphatic carbocycles. The van der Waals surface area contributed by atoms with Crippen LogP contribution in [-0.2, 0) is 19.6 Å². The molecule has 6 N–H and O–H groups in total. The molecule has 28 heavy (non-hydrogen) atoms. The molecule has 164 valence electrons. The highest BCUT2D eigenvalue weighted by molar-refractivity contribution is 7.90. The van der Waals surface area contributed by atoms with Gasteiger partial charge in [-0.05, 0) is 43.6 Å². The Labute approximate surface area is 168 Å². The lowest BCUT2D eigenvalue weighted by molar-refractivity contribution is -0.139. The zero-order valence-electron chi connectivity index (χ0n) is 17.3. The molecule has 3 atom stereocenters. The average molecular weight is 420 g/mol. The number of amides is 1. The molecule has 0 aliphatic heterocycles. The van der Waals surface area contributed by atoms with Gasteiger partial charge in [0.25, 0.3) is 0 Å². The van der Waals surface area contributed by atoms with Crippen molar-refractivity contribution in [1.82, 2.24) is 4.72 Å². The number of carbonyl (C=O) groups excluding carboxylic acids is 1. The molecule has 0 aromatic carbocycles. The zero-order valence-corrected chi connectivity index (χ0v) is 18.1. The minimum atomic E-state index is -4.12. The maximum atomic E-state index is 13.3. The van der Waals surface area contributed by atoms with Gasteiger partial charge in [-0.25, -0.2) is 13.1 Å². The highest BCUT2D eigenvalue weighted by atomic mass is 32.2. The molecule has 1 fully saturated rings. The third-order valence-electron chi connectivity index (χ3n) is 5.55. The molecule has 0 aromatic rings. The highest BCUT2D eigenvalue weighted by Gasteiger charge is 2.48. The number of carboxylic acids is 1. The number of hydrogen-bond donors (Lipinski definition) is 4. The largest absolute Gasteiger partial charge is 0.480 e. The van der Waals surface area contributed by atoms with Crippen molar-refractivity contribution in [2.24, 2.45) is 28.7 Å². The summed E-state index contributed by atoms with van der Waals surface area (Å²) in [4.78, 5) is 24.0. The maximum absolute atomic E-state index is 13.3. The first-order valence-electron chi connectivity index (χ1n) is 10.1. The number of nitrogens with one attached hydrogen (secondary N) is 1. The molecule has 0 spiro atoms. The Balaban J connectivity index is 3.21. The van der Waals surface area contributed by atoms with Gasteiger partial charge in [-0.2, -0.15) is 0 Å². The summed E-state index contributed by atoms with van der Waals surface area (Å²) < 4.78 is 29.0. The van der Waals surface area contributed by atoms with Crippen LogP contribution in [-0.4, -0.2) is 43.2 Å². The molecule has 9 heteroatoms. The monoisotopic (exact) mass is 419 g/mol. The normalized spacial score (nSPS) is 19.7. The zero-order chi connectivity index (χ0) is 21.5. The van der Waals surface area contributed by atoms with Gasteiger partial charge in [-0.1, -0.05) is 46.5 Å². The van der Waals surface area contributed by atoms with Crippen LogP contribution in [0.2, 0.25) is 0 Å². The average Bonchev–Trinajstić information content (AvgIpc) is 2.57. The first kappa shape index (κ1) is 24.8. The van der Waals surface area contributed by atoms with E-state index in [0.29, 0.717) is 19.4 Å². The molecule has 0 bridgehead atoms. The van der Waals surface area contributed by atoms with Crippen molar-refractivity contribution in [1.29, 1.82) is 0 Å². The van der Waals surface area contributed by atoms with Gasteiger partial charge in [-0.3, -0.25) is 9.59 Å². The summed E-state index contributed by atoms with van der Waals surface area (Å²) in [5.74, 6) is -2.82. The van der Waals surface area contributed by atoms with Crippen LogP contribution in [0.4, 0.5) is 0 Å². The highest BCUT2D eigenvalue weighted by Crippen LogP contribution is 2.40. The van der Waals surface area contributed by atoms with E-state index < -0.39 is 44.5 Å². The summed E-state index contributed by atoms with van der Waals surface area (Å²) in [6.45, 7) is 5.66. The summed E-state index contributed by atoms with van der Waals surface area (Å²) in [6.07, 6.45) is 5.72. The molecule has 1 rings (SSSR count). The summed E-state index contributed by atoms with van der Waals surface area (Å²) in [5.41, 5.74) is 10.3. The molecule has 1 amide bonds. The molecule has 0 aromatic heterocycles. The van der Waals surface area contributed by atoms with Crippen LogP contribution in [0.5, 0.6) is 0 Å². The Hall–Kier alpha value is -1.19. The number of carboxylic acid groups (broad SMARTS) is 1. The van der Waals surface area contributed by atoms with Gasteiger partial charge in [0, 0.05) is 0 Å². The molecule has 0 saturated heterocycles. The summed E-state index contributed by atoms with van der Waals surface area (Å²) in [5, 5.41) is 8.37. The third kappa shape index (κ3) is 7.00. The van der Waals surface area contributed by atoms with Crippen molar-refractivity contribution in [2.45, 2.75) is 83.4 Å². The van der Waals surface area contributed by atoms with Crippen LogP contribution in [0.1, 0.15) is 72.1 Å². The lowest BCUT2D eigenvalue weighted by Crippen LogP contribution is -2.55. The number of unbranched alkanes of at least 4 members (excludes halogenated alkanes) is 1. The van der Waals surface area contributed by atoms with Crippen LogP contribution < -0.4 is 16.2 Å². The summed E-state index contributed by atoms with van der Waals surface area (Å²) in [6, 6.07) is -1.25. The van der Waals surface area contributed by atoms with Gasteiger partial charge in [0.2, 0.25) is 15.9 Å². The molecular weight excluding hydrogens is 382 g/mol. The van der Waals surface area contributed by atoms with E-state index in [0.717, 1.165) is 32.1 Å². The molecule has 1 saturated carbocycles. The van der Waals surface area contributed by atoms with Gasteiger partial charge in [0.05, 0.1) is 11.2 Å². The van der Waals surface area contributed by atoms with E-state index in [9.17, 15) is 23.1 Å². The fourth-order valence-corrected chi connectivity index (χ4v) is 6.75. The summed E-state index contributed by atoms with van der Waals surface area (Å²) in [7, 11) is -4.12. The second-order valence-electron chi connectivity index (χ2n) is 8.95. The number of aliphatic carboxylic acids is 1. The maximum Gasteiger partial charge on any atom is 0.321 e. The first-order valence-corrected chi connectivity index (χ1v) is 11.7. The quantitative estimate of drug-likeness (QED) is 0.373. The molecule has 0 heterocycles. The Morgan fingerprint density at radius 2 is 1.71 bits per heavy atom. The molecular formula is C19H37N3O5S. The van der Waals surface area contributed by atoms with Crippen molar-refractivity contribution in [3.05, 3.63) is 0 Å². The van der Waals surface area contributed by atoms with Crippen LogP contribution in [0.3, 0.4) is 0 Å². The van der Waals surface area contributed by atoms with Crippen molar-refractivity contribution in [3.63, 3.8) is 0 Å². The molecule has 1 aliphatic rings. The standard InChI is InChI=1S/C19H37N3O5S/c1-19(2,3)16(15(17(21)23)13-9-5-4-6-10-13)28(26,27)22-14(18(24)25)11-7-8-12-20/h13-16,22H,4-12,20H2,1-3H3,(H2,21,23)(H,24,25)/t14-,15?,16?/m0/s1. The fraction of sp³-hybridized carbons (Fsp3) is 0.895. The van der Waals surface area contributed by atoms with E-state index in [4.69, 9.17) is 11.5 Å². The minimum absolute atomic E-state index is 0.104. The SMILES string of the molecule is CC(C)(C)C(C(C(N)=O)C1CCCCC1)S(=O)(=O)N[C@@H](CCCCN)C(=O)O. The number of primary amides is 1. The number of hydrogen-bond acceptors (Lipinski definition) is 5. The van der Waals surface area contributed by atoms with Gasteiger partial charge < -0.3 is 16.6 Å². The Bertz CT molecular complexity index is 624. The number of carbonyl (C=O) groups is 2. The predicted molar refractivity (Wildman–Crippen MR) is 109 cm³/mol. The van der Waals surface area contributed by atoms with Gasteiger partial charge in [0.1, 0.15) is 6.04 Å². The smallest absolute Gasteiger partial charge is 0.321 e. The fourth-order valence-electron chi connectivity index (χ4n) is 4.32. The number of rotatable bonds is 11. The predicted octanol–water partition coefficient (Wildman–Crippen LogP) is 1.58. The Kier molecular flexibility index (Phi) is 9.36.